The van der Waals surface area contributed by atoms with Gasteiger partial charge in [0.2, 0.25) is 5.91 Å². The topological polar surface area (TPSA) is 32.8 Å². The molecule has 0 N–H and O–H groups in total. The summed E-state index contributed by atoms with van der Waals surface area (Å²) in [5.41, 5.74) is 2.28. The molecule has 4 nitrogen and oxygen atoms in total. The molecule has 0 atom stereocenters. The summed E-state index contributed by atoms with van der Waals surface area (Å²) < 4.78 is 32.1. The number of ether oxygens (including phenoxy) is 1. The Hall–Kier alpha value is -3.25. The second-order valence-corrected chi connectivity index (χ2v) is 8.22. The summed E-state index contributed by atoms with van der Waals surface area (Å²) in [5.74, 6) is -1.09. The minimum Gasteiger partial charge on any atom is -0.489 e. The normalized spacial score (nSPS) is 14.5. The van der Waals surface area contributed by atoms with E-state index in [0.29, 0.717) is 32.7 Å². The van der Waals surface area contributed by atoms with Gasteiger partial charge in [0.05, 0.1) is 0 Å². The van der Waals surface area contributed by atoms with Crippen molar-refractivity contribution in [2.24, 2.45) is 0 Å². The van der Waals surface area contributed by atoms with E-state index in [9.17, 15) is 13.6 Å². The highest BCUT2D eigenvalue weighted by Crippen LogP contribution is 2.28. The maximum atomic E-state index is 13.7. The number of halogens is 2. The summed E-state index contributed by atoms with van der Waals surface area (Å²) in [5, 5.41) is 0. The van der Waals surface area contributed by atoms with Crippen molar-refractivity contribution in [1.82, 2.24) is 9.80 Å². The fourth-order valence-electron chi connectivity index (χ4n) is 4.20. The van der Waals surface area contributed by atoms with Gasteiger partial charge in [-0.25, -0.2) is 8.78 Å². The van der Waals surface area contributed by atoms with Gasteiger partial charge in [-0.05, 0) is 23.3 Å². The second-order valence-electron chi connectivity index (χ2n) is 8.22. The number of carbonyl (C=O) groups excluding carboxylic acids is 1. The SMILES string of the molecule is O=C(CC(c1ccccc1)c1ccccc1)N1CCN(CCOc2ccc(F)cc2F)CC1. The van der Waals surface area contributed by atoms with Crippen LogP contribution in [0, 0.1) is 11.6 Å². The molecule has 0 aromatic heterocycles. The number of benzene rings is 3. The Morgan fingerprint density at radius 2 is 1.45 bits per heavy atom. The van der Waals surface area contributed by atoms with E-state index in [0.717, 1.165) is 30.3 Å². The third kappa shape index (κ3) is 6.17. The molecular weight excluding hydrogens is 422 g/mol. The number of nitrogens with zero attached hydrogens (tertiary/aromatic N) is 2. The summed E-state index contributed by atoms with van der Waals surface area (Å²) in [6.45, 7) is 3.71. The van der Waals surface area contributed by atoms with Gasteiger partial charge >= 0.3 is 0 Å². The van der Waals surface area contributed by atoms with Crippen molar-refractivity contribution in [2.45, 2.75) is 12.3 Å². The first-order valence-corrected chi connectivity index (χ1v) is 11.3. The van der Waals surface area contributed by atoms with Crippen molar-refractivity contribution < 1.29 is 18.3 Å². The molecule has 0 aliphatic carbocycles. The fraction of sp³-hybridized carbons (Fsp3) is 0.296. The highest BCUT2D eigenvalue weighted by Gasteiger charge is 2.25. The number of piperazine rings is 1. The zero-order valence-corrected chi connectivity index (χ0v) is 18.5. The summed E-state index contributed by atoms with van der Waals surface area (Å²) in [4.78, 5) is 17.3. The maximum Gasteiger partial charge on any atom is 0.223 e. The first-order chi connectivity index (χ1) is 16.1. The lowest BCUT2D eigenvalue weighted by Crippen LogP contribution is -2.49. The van der Waals surface area contributed by atoms with Gasteiger partial charge in [0.1, 0.15) is 12.4 Å². The Labute approximate surface area is 193 Å². The van der Waals surface area contributed by atoms with E-state index in [1.807, 2.05) is 41.3 Å². The van der Waals surface area contributed by atoms with Crippen LogP contribution in [-0.4, -0.2) is 55.0 Å². The molecule has 1 amide bonds. The summed E-state index contributed by atoms with van der Waals surface area (Å²) in [7, 11) is 0. The average Bonchev–Trinajstić information content (AvgIpc) is 2.85. The van der Waals surface area contributed by atoms with Crippen LogP contribution in [0.2, 0.25) is 0 Å². The minimum absolute atomic E-state index is 0.0249. The molecule has 0 radical (unpaired) electrons. The Morgan fingerprint density at radius 1 is 0.848 bits per heavy atom. The average molecular weight is 451 g/mol. The first-order valence-electron chi connectivity index (χ1n) is 11.3. The third-order valence-corrected chi connectivity index (χ3v) is 6.07. The molecule has 3 aromatic carbocycles. The molecule has 3 aromatic rings. The Kier molecular flexibility index (Phi) is 7.68. The van der Waals surface area contributed by atoms with Crippen LogP contribution >= 0.6 is 0 Å². The van der Waals surface area contributed by atoms with E-state index in [1.165, 1.54) is 12.1 Å². The molecule has 0 spiro atoms. The van der Waals surface area contributed by atoms with Crippen molar-refractivity contribution in [1.29, 1.82) is 0 Å². The summed E-state index contributed by atoms with van der Waals surface area (Å²) >= 11 is 0. The Balaban J connectivity index is 1.28. The first kappa shape index (κ1) is 22.9. The Morgan fingerprint density at radius 3 is 2.03 bits per heavy atom. The molecule has 33 heavy (non-hydrogen) atoms. The molecule has 4 rings (SSSR count). The van der Waals surface area contributed by atoms with Gasteiger partial charge in [0.15, 0.2) is 11.6 Å². The second kappa shape index (κ2) is 11.1. The van der Waals surface area contributed by atoms with Crippen LogP contribution in [0.25, 0.3) is 0 Å². The highest BCUT2D eigenvalue weighted by molar-refractivity contribution is 5.78. The van der Waals surface area contributed by atoms with Crippen LogP contribution in [0.1, 0.15) is 23.5 Å². The van der Waals surface area contributed by atoms with E-state index in [-0.39, 0.29) is 17.6 Å². The van der Waals surface area contributed by atoms with Crippen LogP contribution in [0.5, 0.6) is 5.75 Å². The zero-order valence-electron chi connectivity index (χ0n) is 18.5. The van der Waals surface area contributed by atoms with E-state index in [2.05, 4.69) is 29.2 Å². The molecule has 0 unspecified atom stereocenters. The molecule has 1 fully saturated rings. The lowest BCUT2D eigenvalue weighted by atomic mass is 9.88. The van der Waals surface area contributed by atoms with Crippen LogP contribution in [0.3, 0.4) is 0 Å². The predicted octanol–water partition coefficient (Wildman–Crippen LogP) is 4.71. The minimum atomic E-state index is -0.697. The predicted molar refractivity (Wildman–Crippen MR) is 124 cm³/mol. The van der Waals surface area contributed by atoms with Crippen LogP contribution in [0.4, 0.5) is 8.78 Å². The van der Waals surface area contributed by atoms with Gasteiger partial charge in [-0.3, -0.25) is 9.69 Å². The highest BCUT2D eigenvalue weighted by atomic mass is 19.1. The van der Waals surface area contributed by atoms with Crippen LogP contribution < -0.4 is 4.74 Å². The number of hydrogen-bond acceptors (Lipinski definition) is 3. The number of amides is 1. The fourth-order valence-corrected chi connectivity index (χ4v) is 4.20. The number of carbonyl (C=O) groups is 1. The van der Waals surface area contributed by atoms with Gasteiger partial charge in [-0.1, -0.05) is 60.7 Å². The number of hydrogen-bond donors (Lipinski definition) is 0. The smallest absolute Gasteiger partial charge is 0.223 e. The molecule has 6 heteroatoms. The molecule has 0 bridgehead atoms. The monoisotopic (exact) mass is 450 g/mol. The third-order valence-electron chi connectivity index (χ3n) is 6.07. The van der Waals surface area contributed by atoms with Gasteiger partial charge in [0, 0.05) is 51.1 Å². The lowest BCUT2D eigenvalue weighted by Gasteiger charge is -2.35. The molecule has 172 valence electrons. The van der Waals surface area contributed by atoms with Crippen molar-refractivity contribution >= 4 is 5.91 Å². The molecule has 1 heterocycles. The summed E-state index contributed by atoms with van der Waals surface area (Å²) in [6, 6.07) is 23.6. The van der Waals surface area contributed by atoms with Gasteiger partial charge in [0.25, 0.3) is 0 Å². The van der Waals surface area contributed by atoms with Crippen LogP contribution in [-0.2, 0) is 4.79 Å². The van der Waals surface area contributed by atoms with Gasteiger partial charge in [-0.15, -0.1) is 0 Å². The molecule has 1 aliphatic rings. The lowest BCUT2D eigenvalue weighted by molar-refractivity contribution is -0.133. The molecular formula is C27H28F2N2O2. The molecule has 0 saturated carbocycles. The summed E-state index contributed by atoms with van der Waals surface area (Å²) in [6.07, 6.45) is 0.432. The van der Waals surface area contributed by atoms with E-state index in [1.54, 1.807) is 0 Å². The van der Waals surface area contributed by atoms with Crippen LogP contribution in [0.15, 0.2) is 78.9 Å². The van der Waals surface area contributed by atoms with Gasteiger partial charge < -0.3 is 9.64 Å². The largest absolute Gasteiger partial charge is 0.489 e. The quantitative estimate of drug-likeness (QED) is 0.498. The van der Waals surface area contributed by atoms with Crippen molar-refractivity contribution in [3.8, 4) is 5.75 Å². The van der Waals surface area contributed by atoms with Crippen molar-refractivity contribution in [2.75, 3.05) is 39.3 Å². The maximum absolute atomic E-state index is 13.7. The van der Waals surface area contributed by atoms with E-state index in [4.69, 9.17) is 4.74 Å². The Bertz CT molecular complexity index is 999. The van der Waals surface area contributed by atoms with Gasteiger partial charge in [-0.2, -0.15) is 0 Å². The van der Waals surface area contributed by atoms with Crippen molar-refractivity contribution in [3.63, 3.8) is 0 Å². The van der Waals surface area contributed by atoms with E-state index >= 15 is 0 Å². The number of rotatable bonds is 8. The standard InChI is InChI=1S/C27H28F2N2O2/c28-23-11-12-26(25(29)19-23)33-18-17-30-13-15-31(16-14-30)27(32)20-24(21-7-3-1-4-8-21)22-9-5-2-6-10-22/h1-12,19,24H,13-18,20H2. The molecule has 1 aliphatic heterocycles. The zero-order chi connectivity index (χ0) is 23.0. The van der Waals surface area contributed by atoms with E-state index < -0.39 is 11.6 Å². The van der Waals surface area contributed by atoms with Crippen molar-refractivity contribution in [3.05, 3.63) is 102 Å². The molecule has 1 saturated heterocycles.